The lowest BCUT2D eigenvalue weighted by atomic mass is 10.2. The molecule has 0 aliphatic carbocycles. The van der Waals surface area contributed by atoms with Crippen LogP contribution in [0.1, 0.15) is 36.5 Å². The lowest BCUT2D eigenvalue weighted by molar-refractivity contribution is 0.507. The summed E-state index contributed by atoms with van der Waals surface area (Å²) in [4.78, 5) is 14.6. The SMILES string of the molecule is CCNC(=NCc1nccn1CC(C)C)NCc1ncc(C)s1. The molecule has 0 saturated carbocycles. The van der Waals surface area contributed by atoms with Gasteiger partial charge in [-0.1, -0.05) is 13.8 Å². The van der Waals surface area contributed by atoms with Crippen LogP contribution in [-0.2, 0) is 19.6 Å². The van der Waals surface area contributed by atoms with E-state index in [4.69, 9.17) is 0 Å². The van der Waals surface area contributed by atoms with Gasteiger partial charge in [-0.25, -0.2) is 15.0 Å². The minimum atomic E-state index is 0.561. The summed E-state index contributed by atoms with van der Waals surface area (Å²) < 4.78 is 2.17. The molecule has 0 fully saturated rings. The highest BCUT2D eigenvalue weighted by molar-refractivity contribution is 7.11. The Morgan fingerprint density at radius 2 is 2.17 bits per heavy atom. The van der Waals surface area contributed by atoms with Gasteiger partial charge in [0.15, 0.2) is 5.96 Å². The number of hydrogen-bond acceptors (Lipinski definition) is 4. The summed E-state index contributed by atoms with van der Waals surface area (Å²) in [7, 11) is 0. The van der Waals surface area contributed by atoms with Crippen molar-refractivity contribution in [3.8, 4) is 0 Å². The number of guanidine groups is 1. The van der Waals surface area contributed by atoms with Crippen LogP contribution in [0.4, 0.5) is 0 Å². The molecule has 6 nitrogen and oxygen atoms in total. The highest BCUT2D eigenvalue weighted by Gasteiger charge is 2.06. The van der Waals surface area contributed by atoms with Crippen LogP contribution < -0.4 is 10.6 Å². The monoisotopic (exact) mass is 334 g/mol. The molecule has 0 saturated heterocycles. The van der Waals surface area contributed by atoms with Crippen molar-refractivity contribution in [2.24, 2.45) is 10.9 Å². The summed E-state index contributed by atoms with van der Waals surface area (Å²) >= 11 is 1.70. The van der Waals surface area contributed by atoms with Gasteiger partial charge >= 0.3 is 0 Å². The predicted octanol–water partition coefficient (Wildman–Crippen LogP) is 2.56. The van der Waals surface area contributed by atoms with Crippen LogP contribution in [-0.4, -0.2) is 27.0 Å². The molecular formula is C16H26N6S. The second-order valence-electron chi connectivity index (χ2n) is 5.80. The van der Waals surface area contributed by atoms with Gasteiger partial charge in [0.2, 0.25) is 0 Å². The molecule has 0 atom stereocenters. The summed E-state index contributed by atoms with van der Waals surface area (Å²) in [5, 5.41) is 7.65. The second-order valence-corrected chi connectivity index (χ2v) is 7.12. The highest BCUT2D eigenvalue weighted by Crippen LogP contribution is 2.10. The third-order valence-electron chi connectivity index (χ3n) is 3.16. The molecule has 7 heteroatoms. The van der Waals surface area contributed by atoms with E-state index in [1.165, 1.54) is 4.88 Å². The molecule has 0 radical (unpaired) electrons. The van der Waals surface area contributed by atoms with Gasteiger partial charge < -0.3 is 15.2 Å². The van der Waals surface area contributed by atoms with E-state index in [-0.39, 0.29) is 0 Å². The lowest BCUT2D eigenvalue weighted by Crippen LogP contribution is -2.36. The van der Waals surface area contributed by atoms with Crippen molar-refractivity contribution in [1.82, 2.24) is 25.2 Å². The topological polar surface area (TPSA) is 67.1 Å². The van der Waals surface area contributed by atoms with Gasteiger partial charge in [0.25, 0.3) is 0 Å². The Kier molecular flexibility index (Phi) is 6.58. The van der Waals surface area contributed by atoms with E-state index in [2.05, 4.69) is 57.9 Å². The molecule has 0 unspecified atom stereocenters. The van der Waals surface area contributed by atoms with E-state index in [0.717, 1.165) is 29.9 Å². The average molecular weight is 334 g/mol. The number of thiazole rings is 1. The molecule has 0 amide bonds. The van der Waals surface area contributed by atoms with Crippen LogP contribution >= 0.6 is 11.3 Å². The summed E-state index contributed by atoms with van der Waals surface area (Å²) in [6, 6.07) is 0. The van der Waals surface area contributed by atoms with Crippen LogP contribution in [0.2, 0.25) is 0 Å². The fourth-order valence-electron chi connectivity index (χ4n) is 2.19. The van der Waals surface area contributed by atoms with Gasteiger partial charge in [0.1, 0.15) is 17.4 Å². The number of aryl methyl sites for hydroxylation is 1. The van der Waals surface area contributed by atoms with Crippen LogP contribution in [0.5, 0.6) is 0 Å². The largest absolute Gasteiger partial charge is 0.357 e. The van der Waals surface area contributed by atoms with Gasteiger partial charge in [-0.2, -0.15) is 0 Å². The fourth-order valence-corrected chi connectivity index (χ4v) is 2.91. The number of rotatable bonds is 7. The van der Waals surface area contributed by atoms with Gasteiger partial charge in [0, 0.05) is 36.6 Å². The summed E-state index contributed by atoms with van der Waals surface area (Å²) in [5.41, 5.74) is 0. The molecule has 2 aromatic rings. The van der Waals surface area contributed by atoms with Crippen molar-refractivity contribution in [2.45, 2.75) is 47.3 Å². The smallest absolute Gasteiger partial charge is 0.192 e. The first-order valence-corrected chi connectivity index (χ1v) is 8.83. The molecule has 126 valence electrons. The van der Waals surface area contributed by atoms with Crippen LogP contribution in [0.3, 0.4) is 0 Å². The molecule has 2 rings (SSSR count). The highest BCUT2D eigenvalue weighted by atomic mass is 32.1. The summed E-state index contributed by atoms with van der Waals surface area (Å²) in [5.74, 6) is 2.37. The van der Waals surface area contributed by atoms with Crippen LogP contribution in [0.25, 0.3) is 0 Å². The van der Waals surface area contributed by atoms with Crippen molar-refractivity contribution < 1.29 is 0 Å². The number of nitrogens with zero attached hydrogens (tertiary/aromatic N) is 4. The first-order chi connectivity index (χ1) is 11.1. The Bertz CT molecular complexity index is 628. The molecule has 0 aliphatic rings. The Morgan fingerprint density at radius 1 is 1.35 bits per heavy atom. The second kappa shape index (κ2) is 8.67. The number of imidazole rings is 1. The molecule has 0 aliphatic heterocycles. The minimum absolute atomic E-state index is 0.561. The van der Waals surface area contributed by atoms with Crippen molar-refractivity contribution in [2.75, 3.05) is 6.54 Å². The van der Waals surface area contributed by atoms with Crippen molar-refractivity contribution >= 4 is 17.3 Å². The first kappa shape index (κ1) is 17.5. The number of aliphatic imine (C=N–C) groups is 1. The third kappa shape index (κ3) is 5.67. The van der Waals surface area contributed by atoms with E-state index in [1.807, 2.05) is 18.6 Å². The Morgan fingerprint density at radius 3 is 2.83 bits per heavy atom. The van der Waals surface area contributed by atoms with E-state index in [0.29, 0.717) is 19.0 Å². The van der Waals surface area contributed by atoms with Crippen LogP contribution in [0.15, 0.2) is 23.6 Å². The van der Waals surface area contributed by atoms with E-state index in [1.54, 1.807) is 11.3 Å². The summed E-state index contributed by atoms with van der Waals surface area (Å²) in [6.07, 6.45) is 5.75. The van der Waals surface area contributed by atoms with Crippen molar-refractivity contribution in [3.63, 3.8) is 0 Å². The van der Waals surface area contributed by atoms with Gasteiger partial charge in [-0.3, -0.25) is 0 Å². The molecular weight excluding hydrogens is 308 g/mol. The van der Waals surface area contributed by atoms with E-state index in [9.17, 15) is 0 Å². The van der Waals surface area contributed by atoms with Crippen molar-refractivity contribution in [1.29, 1.82) is 0 Å². The van der Waals surface area contributed by atoms with Gasteiger partial charge in [0.05, 0.1) is 6.54 Å². The quantitative estimate of drug-likeness (QED) is 0.603. The Hall–Kier alpha value is -1.89. The number of hydrogen-bond donors (Lipinski definition) is 2. The summed E-state index contributed by atoms with van der Waals surface area (Å²) in [6.45, 7) is 11.6. The molecule has 0 aromatic carbocycles. The van der Waals surface area contributed by atoms with E-state index < -0.39 is 0 Å². The maximum atomic E-state index is 4.63. The molecule has 0 bridgehead atoms. The molecule has 0 spiro atoms. The zero-order valence-electron chi connectivity index (χ0n) is 14.3. The zero-order valence-corrected chi connectivity index (χ0v) is 15.2. The standard InChI is InChI=1S/C16H26N6S/c1-5-17-16(21-10-15-19-8-13(4)23-15)20-9-14-18-6-7-22(14)11-12(2)3/h6-8,12H,5,9-11H2,1-4H3,(H2,17,20,21). The Labute approximate surface area is 142 Å². The predicted molar refractivity (Wildman–Crippen MR) is 95.6 cm³/mol. The van der Waals surface area contributed by atoms with E-state index >= 15 is 0 Å². The van der Waals surface area contributed by atoms with Crippen LogP contribution in [0, 0.1) is 12.8 Å². The maximum absolute atomic E-state index is 4.63. The third-order valence-corrected chi connectivity index (χ3v) is 4.08. The lowest BCUT2D eigenvalue weighted by Gasteiger charge is -2.11. The van der Waals surface area contributed by atoms with Gasteiger partial charge in [-0.15, -0.1) is 11.3 Å². The number of aromatic nitrogens is 3. The van der Waals surface area contributed by atoms with Crippen molar-refractivity contribution in [3.05, 3.63) is 34.3 Å². The molecule has 2 heterocycles. The maximum Gasteiger partial charge on any atom is 0.192 e. The van der Waals surface area contributed by atoms with Gasteiger partial charge in [-0.05, 0) is 19.8 Å². The normalized spacial score (nSPS) is 12.0. The Balaban J connectivity index is 1.96. The molecule has 23 heavy (non-hydrogen) atoms. The molecule has 2 aromatic heterocycles. The fraction of sp³-hybridized carbons (Fsp3) is 0.562. The zero-order chi connectivity index (χ0) is 16.7. The minimum Gasteiger partial charge on any atom is -0.357 e. The average Bonchev–Trinajstić information content (AvgIpc) is 3.10. The molecule has 2 N–H and O–H groups in total. The number of nitrogens with one attached hydrogen (secondary N) is 2. The first-order valence-electron chi connectivity index (χ1n) is 8.02.